The number of carbonyl (C=O) groups excluding carboxylic acids is 1. The van der Waals surface area contributed by atoms with Gasteiger partial charge in [0.1, 0.15) is 0 Å². The Balaban J connectivity index is 0.000000505. The van der Waals surface area contributed by atoms with Crippen LogP contribution in [-0.2, 0) is 21.3 Å². The number of rotatable bonds is 1. The number of aryl methyl sites for hydroxylation is 2. The van der Waals surface area contributed by atoms with Crippen molar-refractivity contribution in [2.75, 3.05) is 6.26 Å². The molecule has 0 saturated carbocycles. The second-order valence-electron chi connectivity index (χ2n) is 5.82. The van der Waals surface area contributed by atoms with Gasteiger partial charge in [0.2, 0.25) is 0 Å². The van der Waals surface area contributed by atoms with E-state index in [-0.39, 0.29) is 17.8 Å². The molecular formula is C16H23N3O4S. The molecule has 5 N–H and O–H groups in total. The van der Waals surface area contributed by atoms with Crippen molar-refractivity contribution in [1.82, 2.24) is 0 Å². The molecule has 0 aromatic heterocycles. The highest BCUT2D eigenvalue weighted by Crippen LogP contribution is 2.28. The fraction of sp³-hybridized carbons (Fsp3) is 0.375. The van der Waals surface area contributed by atoms with Crippen LogP contribution < -0.4 is 11.5 Å². The Morgan fingerprint density at radius 1 is 1.33 bits per heavy atom. The van der Waals surface area contributed by atoms with Crippen LogP contribution in [0.2, 0.25) is 0 Å². The predicted molar refractivity (Wildman–Crippen MR) is 94.9 cm³/mol. The van der Waals surface area contributed by atoms with E-state index < -0.39 is 10.1 Å². The molecule has 1 aliphatic carbocycles. The summed E-state index contributed by atoms with van der Waals surface area (Å²) >= 11 is 0. The first-order valence-corrected chi connectivity index (χ1v) is 9.19. The van der Waals surface area contributed by atoms with Crippen LogP contribution in [0.1, 0.15) is 30.0 Å². The maximum absolute atomic E-state index is 12.0. The summed E-state index contributed by atoms with van der Waals surface area (Å²) in [4.78, 5) is 15.7. The Hall–Kier alpha value is -2.19. The first kappa shape index (κ1) is 19.9. The van der Waals surface area contributed by atoms with Crippen molar-refractivity contribution in [3.8, 4) is 0 Å². The molecule has 0 heterocycles. The molecule has 0 saturated heterocycles. The van der Waals surface area contributed by atoms with E-state index in [1.54, 1.807) is 0 Å². The maximum atomic E-state index is 12.0. The summed E-state index contributed by atoms with van der Waals surface area (Å²) in [7, 11) is -3.67. The van der Waals surface area contributed by atoms with Crippen molar-refractivity contribution in [2.24, 2.45) is 22.4 Å². The molecule has 1 aromatic carbocycles. The molecule has 24 heavy (non-hydrogen) atoms. The zero-order valence-electron chi connectivity index (χ0n) is 14.0. The van der Waals surface area contributed by atoms with Crippen LogP contribution >= 0.6 is 0 Å². The Morgan fingerprint density at radius 3 is 2.46 bits per heavy atom. The van der Waals surface area contributed by atoms with Crippen LogP contribution in [0, 0.1) is 12.8 Å². The number of hydrogen-bond donors (Lipinski definition) is 3. The van der Waals surface area contributed by atoms with Gasteiger partial charge in [-0.3, -0.25) is 9.35 Å². The molecule has 132 valence electrons. The average Bonchev–Trinajstić information content (AvgIpc) is 2.56. The number of nitrogens with zero attached hydrogens (tertiary/aromatic N) is 1. The van der Waals surface area contributed by atoms with Crippen LogP contribution in [0.25, 0.3) is 6.08 Å². The van der Waals surface area contributed by atoms with Crippen molar-refractivity contribution in [3.63, 3.8) is 0 Å². The number of fused-ring (bicyclic) bond motifs is 1. The van der Waals surface area contributed by atoms with Gasteiger partial charge in [0.15, 0.2) is 5.96 Å². The SMILES string of the molecule is CS(=O)(=O)O.Cc1ccc2c(c1)CCC(C)C(C(=O)N=C(N)N)=C2. The van der Waals surface area contributed by atoms with E-state index in [0.717, 1.165) is 18.4 Å². The van der Waals surface area contributed by atoms with Crippen molar-refractivity contribution in [2.45, 2.75) is 26.7 Å². The van der Waals surface area contributed by atoms with Gasteiger partial charge in [0, 0.05) is 5.57 Å². The minimum Gasteiger partial charge on any atom is -0.370 e. The van der Waals surface area contributed by atoms with E-state index >= 15 is 0 Å². The Labute approximate surface area is 142 Å². The zero-order valence-corrected chi connectivity index (χ0v) is 14.8. The fourth-order valence-corrected chi connectivity index (χ4v) is 2.38. The summed E-state index contributed by atoms with van der Waals surface area (Å²) in [5.41, 5.74) is 14.8. The Bertz CT molecular complexity index is 771. The van der Waals surface area contributed by atoms with Gasteiger partial charge in [-0.15, -0.1) is 0 Å². The molecule has 1 aromatic rings. The Kier molecular flexibility index (Phi) is 6.68. The summed E-state index contributed by atoms with van der Waals surface area (Å²) in [5.74, 6) is -0.365. The molecule has 0 bridgehead atoms. The van der Waals surface area contributed by atoms with Crippen molar-refractivity contribution in [1.29, 1.82) is 0 Å². The largest absolute Gasteiger partial charge is 0.370 e. The van der Waals surface area contributed by atoms with Crippen molar-refractivity contribution >= 4 is 28.1 Å². The molecule has 1 amide bonds. The molecule has 7 nitrogen and oxygen atoms in total. The lowest BCUT2D eigenvalue weighted by molar-refractivity contribution is -0.114. The van der Waals surface area contributed by atoms with Crippen LogP contribution in [0.3, 0.4) is 0 Å². The highest BCUT2D eigenvalue weighted by Gasteiger charge is 2.20. The Morgan fingerprint density at radius 2 is 1.92 bits per heavy atom. The maximum Gasteiger partial charge on any atom is 0.276 e. The third kappa shape index (κ3) is 6.93. The summed E-state index contributed by atoms with van der Waals surface area (Å²) in [5, 5.41) is 0. The van der Waals surface area contributed by atoms with Gasteiger partial charge in [-0.2, -0.15) is 13.4 Å². The van der Waals surface area contributed by atoms with E-state index in [1.807, 2.05) is 25.1 Å². The summed E-state index contributed by atoms with van der Waals surface area (Å²) < 4.78 is 25.9. The molecule has 2 rings (SSSR count). The lowest BCUT2D eigenvalue weighted by atomic mass is 9.96. The summed E-state index contributed by atoms with van der Waals surface area (Å²) in [6.07, 6.45) is 4.52. The van der Waals surface area contributed by atoms with E-state index in [2.05, 4.69) is 18.0 Å². The summed E-state index contributed by atoms with van der Waals surface area (Å²) in [6, 6.07) is 6.27. The molecule has 0 radical (unpaired) electrons. The van der Waals surface area contributed by atoms with Gasteiger partial charge < -0.3 is 11.5 Å². The average molecular weight is 353 g/mol. The lowest BCUT2D eigenvalue weighted by Gasteiger charge is -2.09. The summed E-state index contributed by atoms with van der Waals surface area (Å²) in [6.45, 7) is 4.11. The zero-order chi connectivity index (χ0) is 18.5. The first-order valence-electron chi connectivity index (χ1n) is 7.35. The monoisotopic (exact) mass is 353 g/mol. The topological polar surface area (TPSA) is 136 Å². The van der Waals surface area contributed by atoms with Gasteiger partial charge in [0.25, 0.3) is 16.0 Å². The minimum absolute atomic E-state index is 0.156. The lowest BCUT2D eigenvalue weighted by Crippen LogP contribution is -2.25. The van der Waals surface area contributed by atoms with E-state index in [1.165, 1.54) is 11.1 Å². The van der Waals surface area contributed by atoms with Gasteiger partial charge in [-0.05, 0) is 42.9 Å². The molecule has 8 heteroatoms. The molecule has 1 aliphatic rings. The van der Waals surface area contributed by atoms with E-state index in [4.69, 9.17) is 16.0 Å². The smallest absolute Gasteiger partial charge is 0.276 e. The fourth-order valence-electron chi connectivity index (χ4n) is 2.38. The number of amides is 1. The van der Waals surface area contributed by atoms with Gasteiger partial charge in [-0.25, -0.2) is 0 Å². The van der Waals surface area contributed by atoms with Gasteiger partial charge in [-0.1, -0.05) is 30.7 Å². The van der Waals surface area contributed by atoms with Crippen LogP contribution in [0.4, 0.5) is 0 Å². The molecule has 0 aliphatic heterocycles. The predicted octanol–water partition coefficient (Wildman–Crippen LogP) is 1.26. The quantitative estimate of drug-likeness (QED) is 0.395. The highest BCUT2D eigenvalue weighted by molar-refractivity contribution is 7.85. The minimum atomic E-state index is -3.67. The standard InChI is InChI=1S/C15H19N3O.CH4O3S/c1-9-3-5-12-8-13(14(19)18-15(16)17)10(2)4-6-11(12)7-9;1-5(2,3)4/h3,5,7-8,10H,4,6H2,1-2H3,(H4,16,17,18,19);1H3,(H,2,3,4). The van der Waals surface area contributed by atoms with E-state index in [0.29, 0.717) is 11.8 Å². The van der Waals surface area contributed by atoms with Crippen molar-refractivity contribution < 1.29 is 17.8 Å². The van der Waals surface area contributed by atoms with E-state index in [9.17, 15) is 13.2 Å². The number of aliphatic imine (C=N–C) groups is 1. The molecule has 0 fully saturated rings. The van der Waals surface area contributed by atoms with Crippen LogP contribution in [-0.4, -0.2) is 31.1 Å². The highest BCUT2D eigenvalue weighted by atomic mass is 32.2. The van der Waals surface area contributed by atoms with Gasteiger partial charge >= 0.3 is 0 Å². The number of benzene rings is 1. The van der Waals surface area contributed by atoms with Crippen LogP contribution in [0.5, 0.6) is 0 Å². The number of guanidine groups is 1. The molecule has 1 atom stereocenters. The van der Waals surface area contributed by atoms with Crippen LogP contribution in [0.15, 0.2) is 28.8 Å². The van der Waals surface area contributed by atoms with Gasteiger partial charge in [0.05, 0.1) is 6.26 Å². The first-order chi connectivity index (χ1) is 11.0. The number of nitrogens with two attached hydrogens (primary N) is 2. The number of hydrogen-bond acceptors (Lipinski definition) is 3. The third-order valence-corrected chi connectivity index (χ3v) is 3.46. The molecule has 1 unspecified atom stereocenters. The normalized spacial score (nSPS) is 16.7. The second kappa shape index (κ2) is 8.07. The van der Waals surface area contributed by atoms with Crippen molar-refractivity contribution in [3.05, 3.63) is 40.5 Å². The second-order valence-corrected chi connectivity index (χ2v) is 7.28. The molecule has 0 spiro atoms. The third-order valence-electron chi connectivity index (χ3n) is 3.46. The number of carbonyl (C=O) groups is 1. The molecular weight excluding hydrogens is 330 g/mol.